The minimum absolute atomic E-state index is 0.0444. The smallest absolute Gasteiger partial charge is 0.253 e. The van der Waals surface area contributed by atoms with Crippen LogP contribution in [0.3, 0.4) is 0 Å². The topological polar surface area (TPSA) is 66.8 Å². The lowest BCUT2D eigenvalue weighted by molar-refractivity contribution is -0.117. The van der Waals surface area contributed by atoms with Gasteiger partial charge in [0.05, 0.1) is 24.0 Å². The van der Waals surface area contributed by atoms with E-state index in [0.717, 1.165) is 10.4 Å². The first-order chi connectivity index (χ1) is 12.5. The minimum atomic E-state index is -3.02. The summed E-state index contributed by atoms with van der Waals surface area (Å²) >= 11 is 2.97. The van der Waals surface area contributed by atoms with Gasteiger partial charge in [0.15, 0.2) is 15.0 Å². The van der Waals surface area contributed by atoms with Crippen LogP contribution < -0.4 is 0 Å². The van der Waals surface area contributed by atoms with E-state index in [1.54, 1.807) is 0 Å². The van der Waals surface area contributed by atoms with Gasteiger partial charge in [0.1, 0.15) is 0 Å². The number of amides is 1. The van der Waals surface area contributed by atoms with Crippen LogP contribution in [-0.2, 0) is 27.6 Å². The number of rotatable bonds is 4. The summed E-state index contributed by atoms with van der Waals surface area (Å²) in [6.07, 6.45) is 0.286. The molecule has 0 saturated carbocycles. The molecule has 4 rings (SSSR count). The number of hydrogen-bond acceptors (Lipinski definition) is 5. The number of thioether (sulfide) groups is 1. The Balaban J connectivity index is 1.58. The SMILES string of the molecule is O=C(Cc1cccs1)N=C1S[C@H]2CS(=O)(=O)C[C@@H]2N1Cc1ccccc1. The maximum atomic E-state index is 12.4. The molecule has 0 aliphatic carbocycles. The number of fused-ring (bicyclic) bond motifs is 1. The molecule has 2 saturated heterocycles. The van der Waals surface area contributed by atoms with Crippen molar-refractivity contribution in [3.63, 3.8) is 0 Å². The summed E-state index contributed by atoms with van der Waals surface area (Å²) < 4.78 is 24.1. The van der Waals surface area contributed by atoms with E-state index in [1.807, 2.05) is 52.7 Å². The first-order valence-corrected chi connectivity index (χ1v) is 11.9. The molecule has 2 atom stereocenters. The highest BCUT2D eigenvalue weighted by molar-refractivity contribution is 8.15. The Labute approximate surface area is 161 Å². The lowest BCUT2D eigenvalue weighted by atomic mass is 10.1. The van der Waals surface area contributed by atoms with E-state index in [2.05, 4.69) is 4.99 Å². The monoisotopic (exact) mass is 406 g/mol. The largest absolute Gasteiger partial charge is 0.342 e. The highest BCUT2D eigenvalue weighted by Gasteiger charge is 2.48. The van der Waals surface area contributed by atoms with Crippen LogP contribution in [0.2, 0.25) is 0 Å². The molecule has 2 aliphatic heterocycles. The summed E-state index contributed by atoms with van der Waals surface area (Å²) in [6.45, 7) is 0.565. The summed E-state index contributed by atoms with van der Waals surface area (Å²) in [5.41, 5.74) is 1.08. The van der Waals surface area contributed by atoms with Crippen LogP contribution in [0.15, 0.2) is 52.8 Å². The molecule has 1 aromatic carbocycles. The number of carbonyl (C=O) groups is 1. The standard InChI is InChI=1S/C18H18N2O3S3/c21-17(9-14-7-4-8-24-14)19-18-20(10-13-5-2-1-3-6-13)15-11-26(22,23)12-16(15)25-18/h1-8,15-16H,9-12H2/t15-,16-/m0/s1. The summed E-state index contributed by atoms with van der Waals surface area (Å²) in [5, 5.41) is 2.55. The van der Waals surface area contributed by atoms with E-state index < -0.39 is 9.84 Å². The maximum Gasteiger partial charge on any atom is 0.253 e. The van der Waals surface area contributed by atoms with Crippen LogP contribution in [-0.4, -0.2) is 47.2 Å². The molecule has 5 nitrogen and oxygen atoms in total. The summed E-state index contributed by atoms with van der Waals surface area (Å²) in [4.78, 5) is 19.7. The van der Waals surface area contributed by atoms with Crippen LogP contribution in [0.5, 0.6) is 0 Å². The number of amidine groups is 1. The molecule has 26 heavy (non-hydrogen) atoms. The average Bonchev–Trinajstić information content (AvgIpc) is 3.26. The minimum Gasteiger partial charge on any atom is -0.342 e. The van der Waals surface area contributed by atoms with Crippen LogP contribution in [0.1, 0.15) is 10.4 Å². The lowest BCUT2D eigenvalue weighted by Crippen LogP contribution is -2.37. The van der Waals surface area contributed by atoms with Gasteiger partial charge in [0.25, 0.3) is 5.91 Å². The van der Waals surface area contributed by atoms with Gasteiger partial charge in [-0.1, -0.05) is 48.2 Å². The predicted octanol–water partition coefficient (Wildman–Crippen LogP) is 2.59. The second-order valence-electron chi connectivity index (χ2n) is 6.46. The van der Waals surface area contributed by atoms with E-state index in [9.17, 15) is 13.2 Å². The van der Waals surface area contributed by atoms with Crippen LogP contribution in [0, 0.1) is 0 Å². The quantitative estimate of drug-likeness (QED) is 0.781. The molecular weight excluding hydrogens is 388 g/mol. The summed E-state index contributed by atoms with van der Waals surface area (Å²) in [5.74, 6) is 0.109. The molecule has 2 aromatic rings. The highest BCUT2D eigenvalue weighted by atomic mass is 32.2. The number of nitrogens with zero attached hydrogens (tertiary/aromatic N) is 2. The molecular formula is C18H18N2O3S3. The fourth-order valence-corrected chi connectivity index (χ4v) is 7.97. The van der Waals surface area contributed by atoms with Crippen molar-refractivity contribution in [1.82, 2.24) is 4.90 Å². The lowest BCUT2D eigenvalue weighted by Gasteiger charge is -2.24. The van der Waals surface area contributed by atoms with Crippen molar-refractivity contribution >= 4 is 44.0 Å². The predicted molar refractivity (Wildman–Crippen MR) is 106 cm³/mol. The van der Waals surface area contributed by atoms with Crippen LogP contribution >= 0.6 is 23.1 Å². The fourth-order valence-electron chi connectivity index (χ4n) is 3.31. The number of benzene rings is 1. The molecule has 2 fully saturated rings. The molecule has 1 aromatic heterocycles. The Morgan fingerprint density at radius 1 is 1.15 bits per heavy atom. The van der Waals surface area contributed by atoms with Crippen molar-refractivity contribution in [1.29, 1.82) is 0 Å². The maximum absolute atomic E-state index is 12.4. The zero-order valence-electron chi connectivity index (χ0n) is 13.9. The number of sulfone groups is 1. The Kier molecular flexibility index (Phi) is 4.90. The van der Waals surface area contributed by atoms with E-state index in [1.165, 1.54) is 23.1 Å². The van der Waals surface area contributed by atoms with E-state index in [-0.39, 0.29) is 35.1 Å². The zero-order valence-corrected chi connectivity index (χ0v) is 16.4. The van der Waals surface area contributed by atoms with Gasteiger partial charge in [-0.25, -0.2) is 8.42 Å². The fraction of sp³-hybridized carbons (Fsp3) is 0.333. The van der Waals surface area contributed by atoms with Crippen molar-refractivity contribution in [2.45, 2.75) is 24.3 Å². The average molecular weight is 407 g/mol. The molecule has 0 radical (unpaired) electrons. The zero-order chi connectivity index (χ0) is 18.1. The summed E-state index contributed by atoms with van der Waals surface area (Å²) in [6, 6.07) is 13.6. The molecule has 0 bridgehead atoms. The molecule has 2 aliphatic rings. The van der Waals surface area contributed by atoms with Crippen molar-refractivity contribution in [2.24, 2.45) is 4.99 Å². The number of hydrogen-bond donors (Lipinski definition) is 0. The Morgan fingerprint density at radius 3 is 2.69 bits per heavy atom. The number of thiophene rings is 1. The molecule has 3 heterocycles. The molecule has 0 N–H and O–H groups in total. The normalized spacial score (nSPS) is 25.5. The molecule has 136 valence electrons. The highest BCUT2D eigenvalue weighted by Crippen LogP contribution is 2.39. The second-order valence-corrected chi connectivity index (χ2v) is 10.9. The molecule has 8 heteroatoms. The van der Waals surface area contributed by atoms with Gasteiger partial charge >= 0.3 is 0 Å². The molecule has 0 spiro atoms. The second kappa shape index (κ2) is 7.17. The summed E-state index contributed by atoms with van der Waals surface area (Å²) in [7, 11) is -3.02. The van der Waals surface area contributed by atoms with Gasteiger partial charge in [-0.2, -0.15) is 4.99 Å². The number of aliphatic imine (C=N–C) groups is 1. The Morgan fingerprint density at radius 2 is 1.96 bits per heavy atom. The van der Waals surface area contributed by atoms with E-state index in [4.69, 9.17) is 0 Å². The van der Waals surface area contributed by atoms with Gasteiger partial charge in [-0.3, -0.25) is 4.79 Å². The van der Waals surface area contributed by atoms with E-state index in [0.29, 0.717) is 11.7 Å². The van der Waals surface area contributed by atoms with Gasteiger partial charge < -0.3 is 4.90 Å². The third-order valence-electron chi connectivity index (χ3n) is 4.50. The van der Waals surface area contributed by atoms with Crippen molar-refractivity contribution in [2.75, 3.05) is 11.5 Å². The van der Waals surface area contributed by atoms with E-state index >= 15 is 0 Å². The first kappa shape index (κ1) is 17.8. The van der Waals surface area contributed by atoms with Gasteiger partial charge in [-0.05, 0) is 17.0 Å². The van der Waals surface area contributed by atoms with Crippen LogP contribution in [0.25, 0.3) is 0 Å². The van der Waals surface area contributed by atoms with Crippen molar-refractivity contribution < 1.29 is 13.2 Å². The molecule has 1 amide bonds. The molecule has 0 unspecified atom stereocenters. The van der Waals surface area contributed by atoms with Crippen molar-refractivity contribution in [3.05, 3.63) is 58.3 Å². The Hall–Kier alpha value is -1.64. The number of carbonyl (C=O) groups excluding carboxylic acids is 1. The van der Waals surface area contributed by atoms with Gasteiger partial charge in [-0.15, -0.1) is 11.3 Å². The Bertz CT molecular complexity index is 924. The van der Waals surface area contributed by atoms with Crippen LogP contribution in [0.4, 0.5) is 0 Å². The van der Waals surface area contributed by atoms with Gasteiger partial charge in [0.2, 0.25) is 0 Å². The third kappa shape index (κ3) is 3.87. The third-order valence-corrected chi connectivity index (χ3v) is 8.62. The first-order valence-electron chi connectivity index (χ1n) is 8.32. The van der Waals surface area contributed by atoms with Crippen molar-refractivity contribution in [3.8, 4) is 0 Å². The van der Waals surface area contributed by atoms with Gasteiger partial charge in [0, 0.05) is 16.7 Å².